The summed E-state index contributed by atoms with van der Waals surface area (Å²) in [5, 5.41) is 0. The predicted molar refractivity (Wildman–Crippen MR) is 162 cm³/mol. The molecule has 5 unspecified atom stereocenters. The number of rotatable bonds is 9. The van der Waals surface area contributed by atoms with Crippen molar-refractivity contribution in [3.8, 4) is 0 Å². The highest BCUT2D eigenvalue weighted by Gasteiger charge is 2.63. The summed E-state index contributed by atoms with van der Waals surface area (Å²) < 4.78 is 65.3. The van der Waals surface area contributed by atoms with Gasteiger partial charge in [0.2, 0.25) is 0 Å². The largest absolute Gasteiger partial charge is 0.424 e. The van der Waals surface area contributed by atoms with Gasteiger partial charge in [-0.15, -0.1) is 0 Å². The first-order valence-corrected chi connectivity index (χ1v) is 16.7. The third-order valence-electron chi connectivity index (χ3n) is 12.9. The Morgan fingerprint density at radius 2 is 1.57 bits per heavy atom. The van der Waals surface area contributed by atoms with E-state index in [-0.39, 0.29) is 17.0 Å². The number of nitrogen functional groups attached to an aromatic ring is 2. The van der Waals surface area contributed by atoms with Gasteiger partial charge in [0, 0.05) is 11.4 Å². The Morgan fingerprint density at radius 1 is 0.881 bits per heavy atom. The highest BCUT2D eigenvalue weighted by Crippen LogP contribution is 2.68. The molecule has 0 aliphatic heterocycles. The van der Waals surface area contributed by atoms with Crippen LogP contribution in [0.2, 0.25) is 0 Å². The van der Waals surface area contributed by atoms with E-state index in [0.717, 1.165) is 61.1 Å². The van der Waals surface area contributed by atoms with Crippen molar-refractivity contribution in [3.63, 3.8) is 0 Å². The maximum atomic E-state index is 15.1. The lowest BCUT2D eigenvalue weighted by atomic mass is 9.44. The first-order chi connectivity index (χ1) is 19.6. The van der Waals surface area contributed by atoms with Gasteiger partial charge in [-0.1, -0.05) is 53.9 Å². The quantitative estimate of drug-likeness (QED) is 0.221. The van der Waals surface area contributed by atoms with Crippen molar-refractivity contribution in [2.75, 3.05) is 11.5 Å². The average Bonchev–Trinajstić information content (AvgIpc) is 3.25. The van der Waals surface area contributed by atoms with Crippen LogP contribution in [0.1, 0.15) is 117 Å². The Balaban J connectivity index is 1.24. The summed E-state index contributed by atoms with van der Waals surface area (Å²) in [6, 6.07) is 3.12. The smallest absolute Gasteiger partial charge is 0.399 e. The fraction of sp³-hybridized carbons (Fsp3) is 0.829. The number of ether oxygens (including phenoxy) is 1. The molecule has 4 fully saturated rings. The molecule has 0 bridgehead atoms. The van der Waals surface area contributed by atoms with Crippen LogP contribution in [0, 0.1) is 52.3 Å². The molecular weight excluding hydrogens is 540 g/mol. The number of alkyl halides is 4. The fourth-order valence-electron chi connectivity index (χ4n) is 10.7. The third kappa shape index (κ3) is 5.47. The van der Waals surface area contributed by atoms with Crippen LogP contribution in [0.15, 0.2) is 18.2 Å². The Kier molecular flexibility index (Phi) is 8.70. The maximum absolute atomic E-state index is 15.1. The molecule has 42 heavy (non-hydrogen) atoms. The second-order valence-electron chi connectivity index (χ2n) is 15.6. The average molecular weight is 595 g/mol. The van der Waals surface area contributed by atoms with Crippen molar-refractivity contribution < 1.29 is 22.3 Å². The molecule has 9 atom stereocenters. The zero-order valence-electron chi connectivity index (χ0n) is 26.4. The molecule has 7 heteroatoms. The molecule has 0 spiro atoms. The number of fused-ring (bicyclic) bond motifs is 5. The Hall–Kier alpha value is -1.50. The van der Waals surface area contributed by atoms with E-state index in [1.165, 1.54) is 44.9 Å². The lowest BCUT2D eigenvalue weighted by molar-refractivity contribution is -0.372. The van der Waals surface area contributed by atoms with Gasteiger partial charge in [-0.25, -0.2) is 0 Å². The molecule has 3 nitrogen and oxygen atoms in total. The number of benzene rings is 1. The molecule has 4 saturated carbocycles. The minimum Gasteiger partial charge on any atom is -0.399 e. The molecule has 0 radical (unpaired) electrons. The van der Waals surface area contributed by atoms with Crippen LogP contribution in [0.4, 0.5) is 28.9 Å². The molecule has 0 amide bonds. The highest BCUT2D eigenvalue weighted by atomic mass is 19.3. The van der Waals surface area contributed by atoms with Gasteiger partial charge in [0.25, 0.3) is 0 Å². The fourth-order valence-corrected chi connectivity index (χ4v) is 10.7. The Bertz CT molecular complexity index is 1110. The van der Waals surface area contributed by atoms with Crippen LogP contribution >= 0.6 is 0 Å². The SMILES string of the molecule is CC(C)CCC[C@@H](C)[C@H]1CCC2C3CCC4CC(OC(F)(F)C(F)(F)c5ccc(N)cc5N)CC[C@]4(C)C3CC[C@@]21C. The molecule has 0 saturated heterocycles. The van der Waals surface area contributed by atoms with E-state index in [4.69, 9.17) is 16.2 Å². The van der Waals surface area contributed by atoms with E-state index in [2.05, 4.69) is 34.6 Å². The maximum Gasteiger partial charge on any atom is 0.424 e. The first kappa shape index (κ1) is 31.9. The van der Waals surface area contributed by atoms with Crippen LogP contribution in [0.25, 0.3) is 0 Å². The number of nitrogens with two attached hydrogens (primary N) is 2. The lowest BCUT2D eigenvalue weighted by Crippen LogP contribution is -2.55. The van der Waals surface area contributed by atoms with Gasteiger partial charge in [-0.2, -0.15) is 17.6 Å². The molecule has 1 aromatic rings. The summed E-state index contributed by atoms with van der Waals surface area (Å²) in [5.74, 6) is 0.0103. The van der Waals surface area contributed by atoms with Gasteiger partial charge in [0.05, 0.1) is 11.7 Å². The van der Waals surface area contributed by atoms with Crippen LogP contribution in [0.5, 0.6) is 0 Å². The zero-order chi connectivity index (χ0) is 30.7. The Morgan fingerprint density at radius 3 is 2.26 bits per heavy atom. The number of hydrogen-bond acceptors (Lipinski definition) is 3. The summed E-state index contributed by atoms with van der Waals surface area (Å²) in [5.41, 5.74) is 10.4. The van der Waals surface area contributed by atoms with E-state index in [9.17, 15) is 0 Å². The van der Waals surface area contributed by atoms with Crippen LogP contribution in [-0.2, 0) is 10.7 Å². The molecule has 4 aliphatic rings. The van der Waals surface area contributed by atoms with Gasteiger partial charge >= 0.3 is 12.0 Å². The molecule has 0 heterocycles. The van der Waals surface area contributed by atoms with E-state index in [1.807, 2.05) is 0 Å². The minimum absolute atomic E-state index is 0.0598. The molecule has 4 N–H and O–H groups in total. The van der Waals surface area contributed by atoms with Crippen molar-refractivity contribution in [2.24, 2.45) is 52.3 Å². The van der Waals surface area contributed by atoms with E-state index < -0.39 is 29.4 Å². The van der Waals surface area contributed by atoms with Crippen molar-refractivity contribution in [1.82, 2.24) is 0 Å². The summed E-state index contributed by atoms with van der Waals surface area (Å²) in [6.45, 7) is 12.1. The van der Waals surface area contributed by atoms with E-state index >= 15 is 17.6 Å². The lowest BCUT2D eigenvalue weighted by Gasteiger charge is -2.61. The monoisotopic (exact) mass is 594 g/mol. The van der Waals surface area contributed by atoms with Gasteiger partial charge in [0.15, 0.2) is 0 Å². The molecule has 238 valence electrons. The standard InChI is InChI=1S/C35H54F4N2O/c1-21(2)7-6-8-22(3)27-13-14-28-26-11-9-23-19-25(15-17-32(23,4)29(26)16-18-33(27,28)5)42-35(38,39)34(36,37)30-12-10-24(40)20-31(30)41/h10,12,20-23,25-29H,6-9,11,13-19,40-41H2,1-5H3/t22-,23?,25?,26?,27-,28?,29?,32+,33-/m1/s1. The van der Waals surface area contributed by atoms with Crippen molar-refractivity contribution in [3.05, 3.63) is 23.8 Å². The second kappa shape index (κ2) is 11.5. The molecule has 4 aliphatic carbocycles. The predicted octanol–water partition coefficient (Wildman–Crippen LogP) is 10.0. The third-order valence-corrected chi connectivity index (χ3v) is 12.9. The van der Waals surface area contributed by atoms with Crippen LogP contribution < -0.4 is 11.5 Å². The minimum atomic E-state index is -4.66. The molecular formula is C35H54F4N2O. The van der Waals surface area contributed by atoms with Gasteiger partial charge in [-0.3, -0.25) is 0 Å². The molecule has 0 aromatic heterocycles. The van der Waals surface area contributed by atoms with Crippen molar-refractivity contribution in [2.45, 2.75) is 130 Å². The van der Waals surface area contributed by atoms with Crippen molar-refractivity contribution in [1.29, 1.82) is 0 Å². The van der Waals surface area contributed by atoms with E-state index in [1.54, 1.807) is 0 Å². The van der Waals surface area contributed by atoms with Gasteiger partial charge in [0.1, 0.15) is 0 Å². The number of hydrogen-bond donors (Lipinski definition) is 2. The second-order valence-corrected chi connectivity index (χ2v) is 15.6. The zero-order valence-corrected chi connectivity index (χ0v) is 26.4. The van der Waals surface area contributed by atoms with Gasteiger partial charge < -0.3 is 16.2 Å². The van der Waals surface area contributed by atoms with Crippen LogP contribution in [0.3, 0.4) is 0 Å². The highest BCUT2D eigenvalue weighted by molar-refractivity contribution is 5.58. The van der Waals surface area contributed by atoms with Crippen molar-refractivity contribution >= 4 is 11.4 Å². The van der Waals surface area contributed by atoms with Crippen LogP contribution in [-0.4, -0.2) is 12.2 Å². The Labute approximate surface area is 250 Å². The molecule has 1 aromatic carbocycles. The van der Waals surface area contributed by atoms with Gasteiger partial charge in [-0.05, 0) is 128 Å². The summed E-state index contributed by atoms with van der Waals surface area (Å²) in [7, 11) is 0. The number of halogens is 4. The number of anilines is 2. The summed E-state index contributed by atoms with van der Waals surface area (Å²) >= 11 is 0. The topological polar surface area (TPSA) is 61.3 Å². The van der Waals surface area contributed by atoms with E-state index in [0.29, 0.717) is 30.1 Å². The summed E-state index contributed by atoms with van der Waals surface area (Å²) in [4.78, 5) is 0. The first-order valence-electron chi connectivity index (χ1n) is 16.7. The molecule has 5 rings (SSSR count). The summed E-state index contributed by atoms with van der Waals surface area (Å²) in [6.07, 6.45) is 7.19. The normalized spacial score (nSPS) is 37.7.